The fourth-order valence-electron chi connectivity index (χ4n) is 1.76. The van der Waals surface area contributed by atoms with Crippen LogP contribution >= 0.6 is 0 Å². The van der Waals surface area contributed by atoms with Crippen LogP contribution in [0.15, 0.2) is 54.6 Å². The zero-order chi connectivity index (χ0) is 13.0. The van der Waals surface area contributed by atoms with Gasteiger partial charge in [0, 0.05) is 0 Å². The van der Waals surface area contributed by atoms with E-state index in [1.54, 1.807) is 30.3 Å². The molecular weight excluding hydrogens is 251 g/mol. The van der Waals surface area contributed by atoms with E-state index in [0.29, 0.717) is 5.56 Å². The molecule has 0 saturated heterocycles. The van der Waals surface area contributed by atoms with E-state index in [0.717, 1.165) is 5.56 Å². The Hall–Kier alpha value is -1.68. The Bertz CT molecular complexity index is 621. The molecule has 4 heteroatoms. The number of hydrogen-bond donors (Lipinski definition) is 0. The van der Waals surface area contributed by atoms with Crippen molar-refractivity contribution in [2.75, 3.05) is 0 Å². The molecular formula is C14H13FO2S. The molecule has 2 rings (SSSR count). The van der Waals surface area contributed by atoms with E-state index in [-0.39, 0.29) is 11.5 Å². The minimum atomic E-state index is -3.27. The molecule has 0 aliphatic rings. The molecule has 0 aromatic heterocycles. The Morgan fingerprint density at radius 1 is 0.833 bits per heavy atom. The third kappa shape index (κ3) is 3.67. The van der Waals surface area contributed by atoms with Crippen molar-refractivity contribution in [3.8, 4) is 0 Å². The standard InChI is InChI=1S/C14H13FO2S/c15-14-8-4-7-13(9-14)11-18(16,17)10-12-5-2-1-3-6-12/h1-9H,10-11H2. The van der Waals surface area contributed by atoms with Crippen molar-refractivity contribution >= 4 is 9.84 Å². The van der Waals surface area contributed by atoms with Gasteiger partial charge in [-0.15, -0.1) is 0 Å². The summed E-state index contributed by atoms with van der Waals surface area (Å²) in [5, 5.41) is 0. The predicted octanol–water partition coefficient (Wildman–Crippen LogP) is 2.94. The molecule has 0 spiro atoms. The lowest BCUT2D eigenvalue weighted by Gasteiger charge is -2.05. The summed E-state index contributed by atoms with van der Waals surface area (Å²) < 4.78 is 36.9. The molecule has 2 nitrogen and oxygen atoms in total. The van der Waals surface area contributed by atoms with Crippen LogP contribution in [-0.2, 0) is 21.3 Å². The van der Waals surface area contributed by atoms with Crippen molar-refractivity contribution in [1.82, 2.24) is 0 Å². The first-order valence-corrected chi connectivity index (χ1v) is 7.36. The Kier molecular flexibility index (Phi) is 3.77. The number of halogens is 1. The van der Waals surface area contributed by atoms with Crippen LogP contribution in [0.25, 0.3) is 0 Å². The summed E-state index contributed by atoms with van der Waals surface area (Å²) in [4.78, 5) is 0. The summed E-state index contributed by atoms with van der Waals surface area (Å²) >= 11 is 0. The van der Waals surface area contributed by atoms with Crippen molar-refractivity contribution in [3.05, 3.63) is 71.5 Å². The van der Waals surface area contributed by atoms with Gasteiger partial charge >= 0.3 is 0 Å². The van der Waals surface area contributed by atoms with Gasteiger partial charge in [-0.1, -0.05) is 42.5 Å². The summed E-state index contributed by atoms with van der Waals surface area (Å²) in [6, 6.07) is 14.7. The maximum Gasteiger partial charge on any atom is 0.158 e. The first-order valence-electron chi connectivity index (χ1n) is 5.54. The van der Waals surface area contributed by atoms with E-state index in [9.17, 15) is 12.8 Å². The lowest BCUT2D eigenvalue weighted by molar-refractivity contribution is 0.594. The van der Waals surface area contributed by atoms with Crippen LogP contribution in [-0.4, -0.2) is 8.42 Å². The first kappa shape index (κ1) is 12.8. The molecule has 0 saturated carbocycles. The highest BCUT2D eigenvalue weighted by Gasteiger charge is 2.13. The van der Waals surface area contributed by atoms with Gasteiger partial charge < -0.3 is 0 Å². The smallest absolute Gasteiger partial charge is 0.158 e. The normalized spacial score (nSPS) is 11.4. The monoisotopic (exact) mass is 264 g/mol. The number of sulfone groups is 1. The van der Waals surface area contributed by atoms with Crippen LogP contribution in [0.3, 0.4) is 0 Å². The van der Waals surface area contributed by atoms with Gasteiger partial charge in [-0.05, 0) is 23.3 Å². The van der Waals surface area contributed by atoms with Crippen molar-refractivity contribution < 1.29 is 12.8 Å². The number of hydrogen-bond acceptors (Lipinski definition) is 2. The van der Waals surface area contributed by atoms with Crippen LogP contribution in [0.4, 0.5) is 4.39 Å². The van der Waals surface area contributed by atoms with E-state index >= 15 is 0 Å². The summed E-state index contributed by atoms with van der Waals surface area (Å²) in [6.07, 6.45) is 0. The van der Waals surface area contributed by atoms with E-state index in [1.807, 2.05) is 6.07 Å². The van der Waals surface area contributed by atoms with Crippen molar-refractivity contribution in [2.45, 2.75) is 11.5 Å². The van der Waals surface area contributed by atoms with Crippen molar-refractivity contribution in [2.24, 2.45) is 0 Å². The second kappa shape index (κ2) is 5.31. The quantitative estimate of drug-likeness (QED) is 0.851. The van der Waals surface area contributed by atoms with Gasteiger partial charge in [-0.2, -0.15) is 0 Å². The molecule has 0 heterocycles. The summed E-state index contributed by atoms with van der Waals surface area (Å²) in [7, 11) is -3.27. The molecule has 0 aliphatic heterocycles. The molecule has 0 bridgehead atoms. The Morgan fingerprint density at radius 3 is 2.11 bits per heavy atom. The molecule has 2 aromatic rings. The second-order valence-electron chi connectivity index (χ2n) is 4.15. The molecule has 94 valence electrons. The van der Waals surface area contributed by atoms with E-state index in [2.05, 4.69) is 0 Å². The SMILES string of the molecule is O=S(=O)(Cc1ccccc1)Cc1cccc(F)c1. The third-order valence-corrected chi connectivity index (χ3v) is 4.05. The number of benzene rings is 2. The van der Waals surface area contributed by atoms with Crippen LogP contribution < -0.4 is 0 Å². The zero-order valence-corrected chi connectivity index (χ0v) is 10.5. The molecule has 0 atom stereocenters. The highest BCUT2D eigenvalue weighted by molar-refractivity contribution is 7.89. The topological polar surface area (TPSA) is 34.1 Å². The summed E-state index contributed by atoms with van der Waals surface area (Å²) in [6.45, 7) is 0. The molecule has 2 aromatic carbocycles. The third-order valence-electron chi connectivity index (χ3n) is 2.51. The molecule has 0 amide bonds. The molecule has 0 N–H and O–H groups in total. The molecule has 0 unspecified atom stereocenters. The Balaban J connectivity index is 2.13. The molecule has 0 fully saturated rings. The van der Waals surface area contributed by atoms with Crippen molar-refractivity contribution in [1.29, 1.82) is 0 Å². The van der Waals surface area contributed by atoms with Gasteiger partial charge in [0.05, 0.1) is 11.5 Å². The highest BCUT2D eigenvalue weighted by Crippen LogP contribution is 2.13. The van der Waals surface area contributed by atoms with Gasteiger partial charge in [0.1, 0.15) is 5.82 Å². The van der Waals surface area contributed by atoms with Crippen LogP contribution in [0.2, 0.25) is 0 Å². The molecule has 0 aliphatic carbocycles. The first-order chi connectivity index (χ1) is 8.55. The molecule has 18 heavy (non-hydrogen) atoms. The van der Waals surface area contributed by atoms with E-state index in [4.69, 9.17) is 0 Å². The summed E-state index contributed by atoms with van der Waals surface area (Å²) in [5.41, 5.74) is 1.22. The highest BCUT2D eigenvalue weighted by atomic mass is 32.2. The zero-order valence-electron chi connectivity index (χ0n) is 9.71. The predicted molar refractivity (Wildman–Crippen MR) is 69.2 cm³/mol. The van der Waals surface area contributed by atoms with E-state index < -0.39 is 15.7 Å². The fraction of sp³-hybridized carbons (Fsp3) is 0.143. The van der Waals surface area contributed by atoms with Crippen LogP contribution in [0, 0.1) is 5.82 Å². The Labute approximate surface area is 106 Å². The van der Waals surface area contributed by atoms with Gasteiger partial charge in [-0.25, -0.2) is 12.8 Å². The molecule has 0 radical (unpaired) electrons. The minimum absolute atomic E-state index is 0.0235. The van der Waals surface area contributed by atoms with Gasteiger partial charge in [-0.3, -0.25) is 0 Å². The average Bonchev–Trinajstić information content (AvgIpc) is 2.28. The van der Waals surface area contributed by atoms with Gasteiger partial charge in [0.2, 0.25) is 0 Å². The Morgan fingerprint density at radius 2 is 1.44 bits per heavy atom. The average molecular weight is 264 g/mol. The largest absolute Gasteiger partial charge is 0.228 e. The second-order valence-corrected chi connectivity index (χ2v) is 6.21. The summed E-state index contributed by atoms with van der Waals surface area (Å²) in [5.74, 6) is -0.577. The van der Waals surface area contributed by atoms with Gasteiger partial charge in [0.25, 0.3) is 0 Å². The van der Waals surface area contributed by atoms with Crippen LogP contribution in [0.5, 0.6) is 0 Å². The lowest BCUT2D eigenvalue weighted by atomic mass is 10.2. The maximum atomic E-state index is 13.0. The fourth-order valence-corrected chi connectivity index (χ4v) is 3.25. The minimum Gasteiger partial charge on any atom is -0.228 e. The lowest BCUT2D eigenvalue weighted by Crippen LogP contribution is -2.07. The maximum absolute atomic E-state index is 13.0. The number of rotatable bonds is 4. The van der Waals surface area contributed by atoms with E-state index in [1.165, 1.54) is 18.2 Å². The van der Waals surface area contributed by atoms with Crippen molar-refractivity contribution in [3.63, 3.8) is 0 Å². The van der Waals surface area contributed by atoms with Gasteiger partial charge in [0.15, 0.2) is 9.84 Å². The van der Waals surface area contributed by atoms with Crippen LogP contribution in [0.1, 0.15) is 11.1 Å².